The molecule has 0 spiro atoms. The zero-order valence-corrected chi connectivity index (χ0v) is 11.8. The van der Waals surface area contributed by atoms with Crippen molar-refractivity contribution in [2.75, 3.05) is 14.2 Å². The van der Waals surface area contributed by atoms with Crippen LogP contribution in [0.3, 0.4) is 0 Å². The number of methoxy groups -OCH3 is 2. The van der Waals surface area contributed by atoms with Crippen molar-refractivity contribution in [3.8, 4) is 11.5 Å². The number of carbonyl (C=O) groups excluding carboxylic acids is 1. The lowest BCUT2D eigenvalue weighted by Gasteiger charge is -2.09. The second-order valence-corrected chi connectivity index (χ2v) is 4.28. The van der Waals surface area contributed by atoms with Crippen molar-refractivity contribution in [1.29, 1.82) is 0 Å². The second-order valence-electron chi connectivity index (χ2n) is 4.28. The third kappa shape index (κ3) is 3.72. The summed E-state index contributed by atoms with van der Waals surface area (Å²) >= 11 is 0. The van der Waals surface area contributed by atoms with Crippen LogP contribution < -0.4 is 9.47 Å². The summed E-state index contributed by atoms with van der Waals surface area (Å²) in [5.74, 6) is -0.182. The number of hydrogen-bond acceptors (Lipinski definition) is 4. The molecule has 0 fully saturated rings. The van der Waals surface area contributed by atoms with E-state index in [-0.39, 0.29) is 12.4 Å². The number of rotatable bonds is 5. The smallest absolute Gasteiger partial charge is 0.337 e. The minimum Gasteiger partial charge on any atom is -0.494 e. The van der Waals surface area contributed by atoms with Crippen molar-refractivity contribution in [2.24, 2.45) is 0 Å². The van der Waals surface area contributed by atoms with E-state index in [9.17, 15) is 9.18 Å². The zero-order valence-electron chi connectivity index (χ0n) is 11.8. The summed E-state index contributed by atoms with van der Waals surface area (Å²) in [5.41, 5.74) is 1.06. The van der Waals surface area contributed by atoms with Crippen LogP contribution in [0, 0.1) is 5.82 Å². The zero-order chi connectivity index (χ0) is 15.2. The van der Waals surface area contributed by atoms with Gasteiger partial charge in [-0.1, -0.05) is 12.1 Å². The number of esters is 1. The predicted molar refractivity (Wildman–Crippen MR) is 75.1 cm³/mol. The van der Waals surface area contributed by atoms with Gasteiger partial charge in [0, 0.05) is 0 Å². The molecular weight excluding hydrogens is 275 g/mol. The summed E-state index contributed by atoms with van der Waals surface area (Å²) in [7, 11) is 2.73. The number of ether oxygens (including phenoxy) is 3. The molecule has 5 heteroatoms. The van der Waals surface area contributed by atoms with Gasteiger partial charge in [-0.3, -0.25) is 0 Å². The molecule has 4 nitrogen and oxygen atoms in total. The van der Waals surface area contributed by atoms with Crippen LogP contribution in [0.5, 0.6) is 11.5 Å². The van der Waals surface area contributed by atoms with Gasteiger partial charge < -0.3 is 14.2 Å². The number of carbonyl (C=O) groups is 1. The standard InChI is InChI=1S/C16H15FO4/c1-19-15-7-6-11(8-14(15)17)10-21-13-5-3-4-12(9-13)16(18)20-2/h3-9H,10H2,1-2H3. The van der Waals surface area contributed by atoms with Crippen molar-refractivity contribution in [2.45, 2.75) is 6.61 Å². The van der Waals surface area contributed by atoms with Crippen LogP contribution >= 0.6 is 0 Å². The number of hydrogen-bond donors (Lipinski definition) is 0. The monoisotopic (exact) mass is 290 g/mol. The molecule has 2 aromatic carbocycles. The SMILES string of the molecule is COC(=O)c1cccc(OCc2ccc(OC)c(F)c2)c1. The molecule has 0 saturated heterocycles. The van der Waals surface area contributed by atoms with Gasteiger partial charge in [0.2, 0.25) is 0 Å². The molecule has 0 aliphatic carbocycles. The Bertz CT molecular complexity index is 640. The van der Waals surface area contributed by atoms with E-state index >= 15 is 0 Å². The number of halogens is 1. The molecule has 0 atom stereocenters. The molecule has 0 aliphatic rings. The predicted octanol–water partition coefficient (Wildman–Crippen LogP) is 3.20. The average molecular weight is 290 g/mol. The van der Waals surface area contributed by atoms with Gasteiger partial charge in [0.25, 0.3) is 0 Å². The van der Waals surface area contributed by atoms with Gasteiger partial charge >= 0.3 is 5.97 Å². The summed E-state index contributed by atoms with van der Waals surface area (Å²) in [6.45, 7) is 0.186. The lowest BCUT2D eigenvalue weighted by atomic mass is 10.2. The molecular formula is C16H15FO4. The topological polar surface area (TPSA) is 44.8 Å². The first kappa shape index (κ1) is 14.8. The van der Waals surface area contributed by atoms with Gasteiger partial charge in [-0.25, -0.2) is 9.18 Å². The van der Waals surface area contributed by atoms with Gasteiger partial charge in [0.15, 0.2) is 11.6 Å². The van der Waals surface area contributed by atoms with Gasteiger partial charge in [-0.2, -0.15) is 0 Å². The second kappa shape index (κ2) is 6.74. The summed E-state index contributed by atoms with van der Waals surface area (Å²) in [6, 6.07) is 11.2. The van der Waals surface area contributed by atoms with Crippen LogP contribution in [0.25, 0.3) is 0 Å². The Morgan fingerprint density at radius 3 is 2.62 bits per heavy atom. The van der Waals surface area contributed by atoms with E-state index in [0.717, 1.165) is 0 Å². The summed E-state index contributed by atoms with van der Waals surface area (Å²) < 4.78 is 28.6. The molecule has 0 unspecified atom stereocenters. The van der Waals surface area contributed by atoms with E-state index in [4.69, 9.17) is 9.47 Å². The first-order valence-corrected chi connectivity index (χ1v) is 6.27. The maximum atomic E-state index is 13.6. The molecule has 2 rings (SSSR count). The Hall–Kier alpha value is -2.56. The summed E-state index contributed by atoms with van der Waals surface area (Å²) in [5, 5.41) is 0. The molecule has 0 heterocycles. The van der Waals surface area contributed by atoms with Crippen LogP contribution in [0.15, 0.2) is 42.5 Å². The van der Waals surface area contributed by atoms with Crippen molar-refractivity contribution < 1.29 is 23.4 Å². The third-order valence-corrected chi connectivity index (χ3v) is 2.88. The van der Waals surface area contributed by atoms with Crippen LogP contribution in [0.4, 0.5) is 4.39 Å². The Labute approximate surface area is 122 Å². The molecule has 110 valence electrons. The Kier molecular flexibility index (Phi) is 4.77. The average Bonchev–Trinajstić information content (AvgIpc) is 2.52. The first-order valence-electron chi connectivity index (χ1n) is 6.27. The van der Waals surface area contributed by atoms with E-state index in [1.54, 1.807) is 36.4 Å². The Morgan fingerprint density at radius 2 is 1.95 bits per heavy atom. The van der Waals surface area contributed by atoms with Crippen molar-refractivity contribution >= 4 is 5.97 Å². The van der Waals surface area contributed by atoms with Gasteiger partial charge in [0.1, 0.15) is 12.4 Å². The van der Waals surface area contributed by atoms with E-state index in [0.29, 0.717) is 16.9 Å². The summed E-state index contributed by atoms with van der Waals surface area (Å²) in [6.07, 6.45) is 0. The lowest BCUT2D eigenvalue weighted by Crippen LogP contribution is -2.02. The molecule has 0 amide bonds. The molecule has 0 aromatic heterocycles. The maximum absolute atomic E-state index is 13.6. The van der Waals surface area contributed by atoms with Crippen LogP contribution in [0.1, 0.15) is 15.9 Å². The summed E-state index contributed by atoms with van der Waals surface area (Å²) in [4.78, 5) is 11.4. The quantitative estimate of drug-likeness (QED) is 0.793. The molecule has 0 radical (unpaired) electrons. The maximum Gasteiger partial charge on any atom is 0.337 e. The minimum atomic E-state index is -0.443. The van der Waals surface area contributed by atoms with E-state index in [2.05, 4.69) is 4.74 Å². The highest BCUT2D eigenvalue weighted by Crippen LogP contribution is 2.20. The molecule has 0 saturated carbocycles. The fourth-order valence-corrected chi connectivity index (χ4v) is 1.80. The van der Waals surface area contributed by atoms with Crippen molar-refractivity contribution in [3.05, 3.63) is 59.4 Å². The first-order chi connectivity index (χ1) is 10.1. The van der Waals surface area contributed by atoms with Crippen molar-refractivity contribution in [1.82, 2.24) is 0 Å². The Balaban J connectivity index is 2.06. The minimum absolute atomic E-state index is 0.186. The molecule has 2 aromatic rings. The van der Waals surface area contributed by atoms with Crippen molar-refractivity contribution in [3.63, 3.8) is 0 Å². The van der Waals surface area contributed by atoms with E-state index in [1.807, 2.05) is 0 Å². The van der Waals surface area contributed by atoms with Crippen LogP contribution in [0.2, 0.25) is 0 Å². The normalized spacial score (nSPS) is 10.0. The van der Waals surface area contributed by atoms with Crippen LogP contribution in [-0.4, -0.2) is 20.2 Å². The molecule has 0 bridgehead atoms. The van der Waals surface area contributed by atoms with E-state index < -0.39 is 11.8 Å². The van der Waals surface area contributed by atoms with Gasteiger partial charge in [-0.05, 0) is 35.9 Å². The highest BCUT2D eigenvalue weighted by molar-refractivity contribution is 5.89. The molecule has 0 aliphatic heterocycles. The fourth-order valence-electron chi connectivity index (χ4n) is 1.80. The highest BCUT2D eigenvalue weighted by atomic mass is 19.1. The molecule has 0 N–H and O–H groups in total. The molecule has 21 heavy (non-hydrogen) atoms. The number of benzene rings is 2. The van der Waals surface area contributed by atoms with Gasteiger partial charge in [0.05, 0.1) is 19.8 Å². The third-order valence-electron chi connectivity index (χ3n) is 2.88. The Morgan fingerprint density at radius 1 is 1.14 bits per heavy atom. The van der Waals surface area contributed by atoms with Gasteiger partial charge in [-0.15, -0.1) is 0 Å². The lowest BCUT2D eigenvalue weighted by molar-refractivity contribution is 0.0600. The fraction of sp³-hybridized carbons (Fsp3) is 0.188. The highest BCUT2D eigenvalue weighted by Gasteiger charge is 2.07. The van der Waals surface area contributed by atoms with E-state index in [1.165, 1.54) is 20.3 Å². The largest absolute Gasteiger partial charge is 0.494 e. The van der Waals surface area contributed by atoms with Crippen LogP contribution in [-0.2, 0) is 11.3 Å².